The SMILES string of the molecule is O=C(Nc1ccccc1C(=O)N1CCCCC1)c1ccccc1SCc1ccccc1. The van der Waals surface area contributed by atoms with Gasteiger partial charge in [-0.05, 0) is 49.1 Å². The summed E-state index contributed by atoms with van der Waals surface area (Å²) in [4.78, 5) is 29.0. The summed E-state index contributed by atoms with van der Waals surface area (Å²) in [6.07, 6.45) is 3.23. The van der Waals surface area contributed by atoms with E-state index in [1.807, 2.05) is 59.5 Å². The van der Waals surface area contributed by atoms with Crippen LogP contribution < -0.4 is 5.32 Å². The van der Waals surface area contributed by atoms with Crippen molar-refractivity contribution in [1.29, 1.82) is 0 Å². The second-order valence-electron chi connectivity index (χ2n) is 7.62. The normalized spacial score (nSPS) is 13.6. The third kappa shape index (κ3) is 5.36. The van der Waals surface area contributed by atoms with Crippen molar-refractivity contribution in [2.45, 2.75) is 29.9 Å². The average molecular weight is 431 g/mol. The first-order valence-electron chi connectivity index (χ1n) is 10.7. The number of hydrogen-bond donors (Lipinski definition) is 1. The lowest BCUT2D eigenvalue weighted by atomic mass is 10.1. The van der Waals surface area contributed by atoms with E-state index in [1.165, 1.54) is 12.0 Å². The summed E-state index contributed by atoms with van der Waals surface area (Å²) >= 11 is 1.64. The zero-order valence-corrected chi connectivity index (χ0v) is 18.2. The first-order chi connectivity index (χ1) is 15.2. The van der Waals surface area contributed by atoms with Crippen molar-refractivity contribution >= 4 is 29.3 Å². The Morgan fingerprint density at radius 2 is 1.42 bits per heavy atom. The molecule has 5 heteroatoms. The number of nitrogens with zero attached hydrogens (tertiary/aromatic N) is 1. The van der Waals surface area contributed by atoms with Crippen molar-refractivity contribution in [3.05, 3.63) is 95.6 Å². The Morgan fingerprint density at radius 3 is 2.19 bits per heavy atom. The van der Waals surface area contributed by atoms with Gasteiger partial charge in [0.15, 0.2) is 0 Å². The molecule has 0 spiro atoms. The molecule has 31 heavy (non-hydrogen) atoms. The van der Waals surface area contributed by atoms with Crippen LogP contribution in [0.2, 0.25) is 0 Å². The van der Waals surface area contributed by atoms with E-state index in [-0.39, 0.29) is 11.8 Å². The lowest BCUT2D eigenvalue weighted by molar-refractivity contribution is 0.0725. The molecule has 1 saturated heterocycles. The fourth-order valence-corrected chi connectivity index (χ4v) is 4.76. The fourth-order valence-electron chi connectivity index (χ4n) is 3.75. The second-order valence-corrected chi connectivity index (χ2v) is 8.64. The van der Waals surface area contributed by atoms with Crippen molar-refractivity contribution in [1.82, 2.24) is 4.90 Å². The van der Waals surface area contributed by atoms with Crippen LogP contribution in [0.15, 0.2) is 83.8 Å². The number of para-hydroxylation sites is 1. The molecule has 1 aliphatic heterocycles. The van der Waals surface area contributed by atoms with Gasteiger partial charge in [0.05, 0.1) is 16.8 Å². The van der Waals surface area contributed by atoms with Crippen LogP contribution in [0.3, 0.4) is 0 Å². The van der Waals surface area contributed by atoms with Gasteiger partial charge in [0.1, 0.15) is 0 Å². The molecule has 4 nitrogen and oxygen atoms in total. The molecule has 3 aromatic rings. The highest BCUT2D eigenvalue weighted by Gasteiger charge is 2.22. The minimum absolute atomic E-state index is 0.0117. The molecule has 1 fully saturated rings. The lowest BCUT2D eigenvalue weighted by Crippen LogP contribution is -2.36. The van der Waals surface area contributed by atoms with E-state index in [0.717, 1.165) is 36.6 Å². The number of likely N-dealkylation sites (tertiary alicyclic amines) is 1. The lowest BCUT2D eigenvalue weighted by Gasteiger charge is -2.27. The monoisotopic (exact) mass is 430 g/mol. The zero-order chi connectivity index (χ0) is 21.5. The minimum atomic E-state index is -0.199. The summed E-state index contributed by atoms with van der Waals surface area (Å²) in [5, 5.41) is 2.99. The summed E-state index contributed by atoms with van der Waals surface area (Å²) < 4.78 is 0. The Bertz CT molecular complexity index is 1050. The molecule has 1 N–H and O–H groups in total. The van der Waals surface area contributed by atoms with E-state index >= 15 is 0 Å². The summed E-state index contributed by atoms with van der Waals surface area (Å²) in [6.45, 7) is 1.56. The molecule has 0 radical (unpaired) electrons. The summed E-state index contributed by atoms with van der Waals surface area (Å²) in [6, 6.07) is 25.1. The van der Waals surface area contributed by atoms with Crippen LogP contribution >= 0.6 is 11.8 Å². The number of thioether (sulfide) groups is 1. The predicted octanol–water partition coefficient (Wildman–Crippen LogP) is 5.86. The van der Waals surface area contributed by atoms with Gasteiger partial charge in [-0.2, -0.15) is 0 Å². The molecule has 1 aliphatic rings. The summed E-state index contributed by atoms with van der Waals surface area (Å²) in [5.41, 5.74) is 2.93. The smallest absolute Gasteiger partial charge is 0.256 e. The number of piperidine rings is 1. The highest BCUT2D eigenvalue weighted by atomic mass is 32.2. The van der Waals surface area contributed by atoms with Crippen LogP contribution in [0.5, 0.6) is 0 Å². The number of anilines is 1. The van der Waals surface area contributed by atoms with Gasteiger partial charge in [-0.3, -0.25) is 9.59 Å². The summed E-state index contributed by atoms with van der Waals surface area (Å²) in [7, 11) is 0. The number of rotatable bonds is 6. The maximum absolute atomic E-state index is 13.1. The number of amides is 2. The third-order valence-electron chi connectivity index (χ3n) is 5.42. The van der Waals surface area contributed by atoms with Gasteiger partial charge in [0, 0.05) is 23.7 Å². The highest BCUT2D eigenvalue weighted by Crippen LogP contribution is 2.28. The van der Waals surface area contributed by atoms with Gasteiger partial charge in [-0.25, -0.2) is 0 Å². The van der Waals surface area contributed by atoms with Gasteiger partial charge in [-0.1, -0.05) is 54.6 Å². The van der Waals surface area contributed by atoms with Gasteiger partial charge in [0.25, 0.3) is 11.8 Å². The molecule has 4 rings (SSSR count). The Balaban J connectivity index is 1.51. The van der Waals surface area contributed by atoms with E-state index in [2.05, 4.69) is 17.4 Å². The van der Waals surface area contributed by atoms with Crippen molar-refractivity contribution < 1.29 is 9.59 Å². The Labute approximate surface area is 187 Å². The number of hydrogen-bond acceptors (Lipinski definition) is 3. The molecule has 1 heterocycles. The number of nitrogens with one attached hydrogen (secondary N) is 1. The highest BCUT2D eigenvalue weighted by molar-refractivity contribution is 7.98. The molecule has 3 aromatic carbocycles. The molecule has 0 atom stereocenters. The van der Waals surface area contributed by atoms with Gasteiger partial charge < -0.3 is 10.2 Å². The van der Waals surface area contributed by atoms with E-state index in [0.29, 0.717) is 16.8 Å². The van der Waals surface area contributed by atoms with E-state index in [4.69, 9.17) is 0 Å². The van der Waals surface area contributed by atoms with Crippen LogP contribution in [0.4, 0.5) is 5.69 Å². The van der Waals surface area contributed by atoms with Crippen LogP contribution in [0.1, 0.15) is 45.5 Å². The molecule has 0 bridgehead atoms. The maximum atomic E-state index is 13.1. The molecular weight excluding hydrogens is 404 g/mol. The second kappa shape index (κ2) is 10.3. The Hall–Kier alpha value is -3.05. The molecule has 0 unspecified atom stereocenters. The maximum Gasteiger partial charge on any atom is 0.256 e. The predicted molar refractivity (Wildman–Crippen MR) is 127 cm³/mol. The van der Waals surface area contributed by atoms with Gasteiger partial charge in [0.2, 0.25) is 0 Å². The van der Waals surface area contributed by atoms with Crippen molar-refractivity contribution in [3.63, 3.8) is 0 Å². The van der Waals surface area contributed by atoms with Crippen molar-refractivity contribution in [2.24, 2.45) is 0 Å². The standard InChI is InChI=1S/C26H26N2O2S/c29-25(22-14-6-8-16-24(22)31-19-20-11-3-1-4-12-20)27-23-15-7-5-13-21(23)26(30)28-17-9-2-10-18-28/h1,3-8,11-16H,2,9-10,17-19H2,(H,27,29). The minimum Gasteiger partial charge on any atom is -0.339 e. The van der Waals surface area contributed by atoms with E-state index in [1.54, 1.807) is 23.9 Å². The molecule has 0 aliphatic carbocycles. The van der Waals surface area contributed by atoms with Crippen LogP contribution in [-0.2, 0) is 5.75 Å². The average Bonchev–Trinajstić information content (AvgIpc) is 2.84. The molecule has 0 aromatic heterocycles. The largest absolute Gasteiger partial charge is 0.339 e. The molecule has 158 valence electrons. The van der Waals surface area contributed by atoms with Crippen LogP contribution in [0.25, 0.3) is 0 Å². The van der Waals surface area contributed by atoms with E-state index in [9.17, 15) is 9.59 Å². The molecular formula is C26H26N2O2S. The molecule has 2 amide bonds. The zero-order valence-electron chi connectivity index (χ0n) is 17.4. The van der Waals surface area contributed by atoms with Gasteiger partial charge in [-0.15, -0.1) is 11.8 Å². The third-order valence-corrected chi connectivity index (χ3v) is 6.56. The van der Waals surface area contributed by atoms with Crippen LogP contribution in [0, 0.1) is 0 Å². The van der Waals surface area contributed by atoms with E-state index < -0.39 is 0 Å². The number of benzene rings is 3. The molecule has 0 saturated carbocycles. The van der Waals surface area contributed by atoms with Gasteiger partial charge >= 0.3 is 0 Å². The Morgan fingerprint density at radius 1 is 0.774 bits per heavy atom. The topological polar surface area (TPSA) is 49.4 Å². The first-order valence-corrected chi connectivity index (χ1v) is 11.7. The Kier molecular flexibility index (Phi) is 7.05. The quantitative estimate of drug-likeness (QED) is 0.499. The first kappa shape index (κ1) is 21.2. The van der Waals surface area contributed by atoms with Crippen LogP contribution in [-0.4, -0.2) is 29.8 Å². The number of carbonyl (C=O) groups excluding carboxylic acids is 2. The van der Waals surface area contributed by atoms with Crippen molar-refractivity contribution in [2.75, 3.05) is 18.4 Å². The fraction of sp³-hybridized carbons (Fsp3) is 0.231. The summed E-state index contributed by atoms with van der Waals surface area (Å²) in [5.74, 6) is 0.576. The number of carbonyl (C=O) groups is 2. The van der Waals surface area contributed by atoms with Crippen molar-refractivity contribution in [3.8, 4) is 0 Å².